The first-order valence-electron chi connectivity index (χ1n) is 46.9. The number of nitro groups is 1. The summed E-state index contributed by atoms with van der Waals surface area (Å²) in [6.45, 7) is 0. The van der Waals surface area contributed by atoms with Crippen LogP contribution in [0.1, 0.15) is 207 Å². The molecule has 0 atom stereocenters. The van der Waals surface area contributed by atoms with Crippen LogP contribution in [0.3, 0.4) is 0 Å². The number of nitrogens with one attached hydrogen (secondary N) is 5. The summed E-state index contributed by atoms with van der Waals surface area (Å²) < 4.78 is 101. The molecule has 0 fully saturated rings. The second-order valence-electron chi connectivity index (χ2n) is 33.3. The van der Waals surface area contributed by atoms with E-state index in [0.29, 0.717) is 125 Å². The van der Waals surface area contributed by atoms with Crippen molar-refractivity contribution in [1.82, 2.24) is 0 Å². The maximum Gasteiger partial charge on any atom is 0.416 e. The van der Waals surface area contributed by atoms with E-state index in [0.717, 1.165) is 92.1 Å². The number of amides is 5. The van der Waals surface area contributed by atoms with Crippen LogP contribution in [0.2, 0.25) is 0 Å². The third-order valence-corrected chi connectivity index (χ3v) is 23.0. The fourth-order valence-electron chi connectivity index (χ4n) is 15.3. The molecule has 20 nitrogen and oxygen atoms in total. The lowest BCUT2D eigenvalue weighted by Crippen LogP contribution is -2.16. The van der Waals surface area contributed by atoms with Gasteiger partial charge in [-0.05, 0) is 250 Å². The molecule has 0 aromatic heterocycles. The smallest absolute Gasteiger partial charge is 0.416 e. The van der Waals surface area contributed by atoms with E-state index in [9.17, 15) is 88.8 Å². The summed E-state index contributed by atoms with van der Waals surface area (Å²) >= 11 is 0. The van der Waals surface area contributed by atoms with E-state index in [1.807, 2.05) is 152 Å². The van der Waals surface area contributed by atoms with E-state index in [1.54, 1.807) is 135 Å². The highest BCUT2D eigenvalue weighted by molar-refractivity contribution is 6.14. The maximum atomic E-state index is 13.4. The van der Waals surface area contributed by atoms with Gasteiger partial charge in [0.25, 0.3) is 35.2 Å². The first kappa shape index (κ1) is 109. The number of non-ortho nitro benzene ring substituents is 1. The highest BCUT2D eigenvalue weighted by Crippen LogP contribution is 2.35. The van der Waals surface area contributed by atoms with Crippen LogP contribution in [-0.2, 0) is 44.5 Å². The normalized spacial score (nSPS) is 10.7. The van der Waals surface area contributed by atoms with Gasteiger partial charge in [0.2, 0.25) is 0 Å². The molecule has 5 N–H and O–H groups in total. The van der Waals surface area contributed by atoms with Crippen LogP contribution in [0.15, 0.2) is 388 Å². The van der Waals surface area contributed by atoms with Crippen molar-refractivity contribution in [2.24, 2.45) is 0 Å². The molecule has 0 aliphatic rings. The number of carbonyl (C=O) groups is 10. The topological polar surface area (TPSA) is 292 Å². The molecule has 5 amide bonds. The van der Waals surface area contributed by atoms with E-state index in [-0.39, 0.29) is 68.5 Å². The summed E-state index contributed by atoms with van der Waals surface area (Å²) in [5.74, 6) is -2.25. The molecule has 0 saturated heterocycles. The molecule has 15 rings (SSSR count). The number of halogens is 7. The molecule has 0 aliphatic carbocycles. The Bertz CT molecular complexity index is 6920. The van der Waals surface area contributed by atoms with Gasteiger partial charge in [-0.15, -0.1) is 0 Å². The molecule has 15 aromatic carbocycles. The lowest BCUT2D eigenvalue weighted by atomic mass is 10.0. The van der Waals surface area contributed by atoms with Crippen LogP contribution in [0, 0.1) is 15.9 Å². The van der Waals surface area contributed by atoms with Crippen LogP contribution >= 0.6 is 0 Å². The number of aryl methyl sites for hydroxylation is 5. The lowest BCUT2D eigenvalue weighted by molar-refractivity contribution is -0.384. The Hall–Kier alpha value is -17.5. The lowest BCUT2D eigenvalue weighted by Gasteiger charge is -2.14. The van der Waals surface area contributed by atoms with Gasteiger partial charge in [0.05, 0.1) is 58.7 Å². The van der Waals surface area contributed by atoms with E-state index >= 15 is 0 Å². The number of ether oxygens (including phenoxy) is 2. The average Bonchev–Trinajstić information content (AvgIpc) is 0.809. The van der Waals surface area contributed by atoms with Gasteiger partial charge in [-0.25, -0.2) is 4.39 Å². The number of hydrogen-bond donors (Lipinski definition) is 5. The first-order chi connectivity index (χ1) is 70.5. The predicted molar refractivity (Wildman–Crippen MR) is 552 cm³/mol. The third kappa shape index (κ3) is 34.5. The van der Waals surface area contributed by atoms with Gasteiger partial charge >= 0.3 is 12.4 Å². The van der Waals surface area contributed by atoms with Crippen molar-refractivity contribution in [2.75, 3.05) is 40.8 Å². The van der Waals surface area contributed by atoms with Crippen molar-refractivity contribution in [3.8, 4) is 11.5 Å². The molecule has 0 aliphatic heterocycles. The fourth-order valence-corrected chi connectivity index (χ4v) is 15.3. The Balaban J connectivity index is 0.000000174. The molecule has 15 aromatic rings. The van der Waals surface area contributed by atoms with Gasteiger partial charge in [0, 0.05) is 99.9 Å². The number of rotatable bonds is 38. The summed E-state index contributed by atoms with van der Waals surface area (Å²) in [7, 11) is 3.05. The Morgan fingerprint density at radius 1 is 0.274 bits per heavy atom. The van der Waals surface area contributed by atoms with Crippen LogP contribution < -0.4 is 36.1 Å². The van der Waals surface area contributed by atoms with Crippen LogP contribution in [0.5, 0.6) is 11.5 Å². The number of nitro benzene ring substituents is 1. The van der Waals surface area contributed by atoms with Gasteiger partial charge in [-0.3, -0.25) is 58.1 Å². The molecule has 744 valence electrons. The summed E-state index contributed by atoms with van der Waals surface area (Å²) in [6.07, 6.45) is 0.242. The summed E-state index contributed by atoms with van der Waals surface area (Å²) in [4.78, 5) is 136. The van der Waals surface area contributed by atoms with E-state index in [1.165, 1.54) is 78.4 Å². The molecule has 0 bridgehead atoms. The van der Waals surface area contributed by atoms with Crippen molar-refractivity contribution in [1.29, 1.82) is 0 Å². The minimum Gasteiger partial charge on any atom is -0.497 e. The minimum atomic E-state index is -4.54. The first-order valence-corrected chi connectivity index (χ1v) is 46.9. The number of methoxy groups -OCH3 is 2. The molecule has 0 saturated carbocycles. The Labute approximate surface area is 840 Å². The summed E-state index contributed by atoms with van der Waals surface area (Å²) in [6, 6.07) is 108. The number of alkyl halides is 6. The Morgan fingerprint density at radius 3 is 0.863 bits per heavy atom. The van der Waals surface area contributed by atoms with Gasteiger partial charge in [0.1, 0.15) is 17.3 Å². The van der Waals surface area contributed by atoms with Crippen LogP contribution in [0.25, 0.3) is 0 Å². The predicted octanol–water partition coefficient (Wildman–Crippen LogP) is 27.8. The molecule has 27 heteroatoms. The maximum absolute atomic E-state index is 13.4. The summed E-state index contributed by atoms with van der Waals surface area (Å²) in [5, 5.41) is 24.2. The third-order valence-electron chi connectivity index (χ3n) is 23.0. The highest BCUT2D eigenvalue weighted by atomic mass is 19.4. The fraction of sp³-hybridized carbons (Fsp3) is 0.160. The number of hydrogen-bond acceptors (Lipinski definition) is 14. The molecular formula is C119H105F7N6O14. The van der Waals surface area contributed by atoms with Gasteiger partial charge in [-0.2, -0.15) is 26.3 Å². The van der Waals surface area contributed by atoms with Crippen molar-refractivity contribution >= 4 is 92.6 Å². The summed E-state index contributed by atoms with van der Waals surface area (Å²) in [5.41, 5.74) is 8.92. The zero-order valence-corrected chi connectivity index (χ0v) is 79.9. The zero-order chi connectivity index (χ0) is 104. The number of para-hydroxylation sites is 5. The second kappa shape index (κ2) is 55.6. The number of nitrogens with zero attached hydrogens (tertiary/aromatic N) is 1. The average molecular weight is 1980 g/mol. The molecular weight excluding hydrogens is 1870 g/mol. The molecule has 0 unspecified atom stereocenters. The Kier molecular flexibility index (Phi) is 41.5. The monoisotopic (exact) mass is 1970 g/mol. The number of benzene rings is 15. The van der Waals surface area contributed by atoms with E-state index in [4.69, 9.17) is 9.47 Å². The van der Waals surface area contributed by atoms with Crippen molar-refractivity contribution in [3.05, 3.63) is 499 Å². The standard InChI is InChI=1S/2C24H20F3NO2.C24H22FNO3.C24H23NO3.C23H20N2O4/c25-24(26,27)19-12-7-11-18(16-19)23(30)28-21-14-5-4-13-20(21)22(29)15-6-10-17-8-2-1-3-9-17;25-24(26,27)19-15-13-18(14-16-19)23(30)28-21-11-5-4-10-20(21)22(29)12-6-9-17-7-2-1-3-8-17;1-29-22-15-7-13-20(21(27)14-5-10-17-8-3-2-4-9-17)23(22)26-24(28)18-11-6-12-19(25)16-18;1-28-20-16-14-19(15-17-20)24(27)25-22-12-6-5-11-21(22)23(26)13-7-10-18-8-3-2-4-9-18;26-22(12-6-9-17-7-2-1-3-8-17)20-10-4-5-11-21(20)24-23(27)18-13-15-19(16-14-18)25(28)29/h1-5,7-9,11-14,16H,6,10,15H2,(H,28,30);1-5,7-8,10-11,13-16H,6,9,12H2,(H,28,30);2-4,6-9,11-13,15-16H,5,10,14H2,1H3,(H,26,28);2-6,8-9,11-12,14-17H,7,10,13H2,1H3,(H,25,27);1-5,7-8,10-11,13-16H,6,9,12H2,(H,24,27). The van der Waals surface area contributed by atoms with Crippen LogP contribution in [-0.4, -0.2) is 77.6 Å². The molecule has 0 heterocycles. The van der Waals surface area contributed by atoms with E-state index < -0.39 is 57.8 Å². The number of ketones is 5. The number of anilines is 5. The molecule has 146 heavy (non-hydrogen) atoms. The number of carbonyl (C=O) groups excluding carboxylic acids is 10. The zero-order valence-electron chi connectivity index (χ0n) is 79.9. The van der Waals surface area contributed by atoms with Crippen molar-refractivity contribution in [2.45, 2.75) is 109 Å². The quantitative estimate of drug-likeness (QED) is 0.0104. The van der Waals surface area contributed by atoms with Gasteiger partial charge in [0.15, 0.2) is 28.9 Å². The van der Waals surface area contributed by atoms with Crippen molar-refractivity contribution in [3.63, 3.8) is 0 Å². The highest BCUT2D eigenvalue weighted by Gasteiger charge is 2.33. The van der Waals surface area contributed by atoms with Gasteiger partial charge < -0.3 is 36.1 Å². The number of Topliss-reactive ketones (excluding diaryl/α,β-unsaturated/α-hetero) is 5. The second-order valence-corrected chi connectivity index (χ2v) is 33.3. The van der Waals surface area contributed by atoms with Gasteiger partial charge in [-0.1, -0.05) is 218 Å². The Morgan fingerprint density at radius 2 is 0.548 bits per heavy atom. The largest absolute Gasteiger partial charge is 0.497 e. The minimum absolute atomic E-state index is 0.0292. The van der Waals surface area contributed by atoms with E-state index in [2.05, 4.69) is 38.7 Å². The SMILES string of the molecule is COc1ccc(C(=O)Nc2ccccc2C(=O)CCCc2ccccc2)cc1.COc1cccc(C(=O)CCCc2ccccc2)c1NC(=O)c1cccc(F)c1.O=C(Nc1ccccc1C(=O)CCCc1ccccc1)c1ccc(C(F)(F)F)cc1.O=C(Nc1ccccc1C(=O)CCCc1ccccc1)c1ccc([N+](=O)[O-])cc1.O=C(Nc1ccccc1C(=O)CCCc1ccccc1)c1cccc(C(F)(F)F)c1. The van der Waals surface area contributed by atoms with Crippen molar-refractivity contribution < 1.29 is 93.1 Å². The molecule has 0 spiro atoms. The van der Waals surface area contributed by atoms with Crippen LogP contribution in [0.4, 0.5) is 64.9 Å². The molecule has 0 radical (unpaired) electrons.